The van der Waals surface area contributed by atoms with Crippen molar-refractivity contribution in [2.24, 2.45) is 0 Å². The molecule has 0 spiro atoms. The molecule has 0 unspecified atom stereocenters. The molecule has 0 fully saturated rings. The van der Waals surface area contributed by atoms with E-state index in [9.17, 15) is 9.59 Å². The third kappa shape index (κ3) is 4.90. The maximum absolute atomic E-state index is 12.1. The molecule has 0 bridgehead atoms. The highest BCUT2D eigenvalue weighted by Gasteiger charge is 2.13. The van der Waals surface area contributed by atoms with Crippen LogP contribution in [0.25, 0.3) is 11.4 Å². The van der Waals surface area contributed by atoms with Crippen molar-refractivity contribution >= 4 is 67.4 Å². The number of thiophene rings is 2. The molecule has 0 saturated carbocycles. The largest absolute Gasteiger partial charge is 0.302 e. The molecule has 10 heteroatoms. The van der Waals surface area contributed by atoms with Crippen LogP contribution in [0.2, 0.25) is 0 Å². The van der Waals surface area contributed by atoms with Crippen molar-refractivity contribution in [1.82, 2.24) is 9.97 Å². The fourth-order valence-electron chi connectivity index (χ4n) is 2.38. The van der Waals surface area contributed by atoms with E-state index < -0.39 is 0 Å². The van der Waals surface area contributed by atoms with E-state index >= 15 is 0 Å². The maximum atomic E-state index is 12.1. The number of carbonyl (C=O) groups is 2. The molecule has 2 amide bonds. The number of anilines is 2. The van der Waals surface area contributed by atoms with Crippen LogP contribution in [0.3, 0.4) is 0 Å². The molecule has 0 aliphatic heterocycles. The number of rotatable bonds is 7. The Labute approximate surface area is 176 Å². The second-order valence-electron chi connectivity index (χ2n) is 5.79. The summed E-state index contributed by atoms with van der Waals surface area (Å²) in [4.78, 5) is 33.0. The van der Waals surface area contributed by atoms with Crippen molar-refractivity contribution < 1.29 is 9.59 Å². The van der Waals surface area contributed by atoms with Crippen LogP contribution in [0.15, 0.2) is 44.4 Å². The molecule has 0 aromatic carbocycles. The smallest absolute Gasteiger partial charge is 0.230 e. The summed E-state index contributed by atoms with van der Waals surface area (Å²) in [5.74, 6) is -0.196. The Kier molecular flexibility index (Phi) is 5.91. The van der Waals surface area contributed by atoms with Crippen LogP contribution in [0, 0.1) is 0 Å². The number of thiazole rings is 2. The minimum Gasteiger partial charge on any atom is -0.302 e. The van der Waals surface area contributed by atoms with Crippen LogP contribution in [0.5, 0.6) is 0 Å². The number of hydrogen-bond donors (Lipinski definition) is 2. The lowest BCUT2D eigenvalue weighted by molar-refractivity contribution is -0.116. The third-order valence-corrected chi connectivity index (χ3v) is 6.63. The molecule has 28 heavy (non-hydrogen) atoms. The zero-order valence-electron chi connectivity index (χ0n) is 14.4. The van der Waals surface area contributed by atoms with Crippen LogP contribution < -0.4 is 10.6 Å². The number of aromatic nitrogens is 2. The molecule has 2 N–H and O–H groups in total. The fraction of sp³-hybridized carbons (Fsp3) is 0.111. The third-order valence-electron chi connectivity index (χ3n) is 3.65. The monoisotopic (exact) mass is 446 g/mol. The van der Waals surface area contributed by atoms with E-state index in [1.807, 2.05) is 44.4 Å². The highest BCUT2D eigenvalue weighted by Crippen LogP contribution is 2.28. The highest BCUT2D eigenvalue weighted by atomic mass is 32.1. The summed E-state index contributed by atoms with van der Waals surface area (Å²) in [5, 5.41) is 18.2. The first-order valence-electron chi connectivity index (χ1n) is 8.19. The Morgan fingerprint density at radius 3 is 1.61 bits per heavy atom. The summed E-state index contributed by atoms with van der Waals surface area (Å²) in [7, 11) is 0. The van der Waals surface area contributed by atoms with Gasteiger partial charge in [-0.3, -0.25) is 9.59 Å². The van der Waals surface area contributed by atoms with Gasteiger partial charge in [-0.1, -0.05) is 0 Å². The van der Waals surface area contributed by atoms with Gasteiger partial charge in [0.1, 0.15) is 11.4 Å². The summed E-state index contributed by atoms with van der Waals surface area (Å²) < 4.78 is 0. The summed E-state index contributed by atoms with van der Waals surface area (Å²) in [6.07, 6.45) is 0.658. The summed E-state index contributed by atoms with van der Waals surface area (Å²) in [6.45, 7) is 0. The first-order valence-corrected chi connectivity index (χ1v) is 11.8. The Balaban J connectivity index is 1.35. The lowest BCUT2D eigenvalue weighted by Gasteiger charge is -2.00. The number of nitrogens with zero attached hydrogens (tertiary/aromatic N) is 2. The van der Waals surface area contributed by atoms with E-state index in [1.54, 1.807) is 22.7 Å². The van der Waals surface area contributed by atoms with Gasteiger partial charge >= 0.3 is 0 Å². The summed E-state index contributed by atoms with van der Waals surface area (Å²) in [5.41, 5.74) is 3.32. The lowest BCUT2D eigenvalue weighted by Crippen LogP contribution is -2.14. The minimum absolute atomic E-state index is 0.0982. The standard InChI is InChI=1S/C18H14N4O2S4/c23-15(5-11-1-3-25-7-11)21-17-19-13(9-27-17)14-10-28-18(20-14)22-16(24)6-12-2-4-26-8-12/h1-4,7-10H,5-6H2,(H,19,21,23)(H,20,22,24). The SMILES string of the molecule is O=C(Cc1ccsc1)Nc1nc(-c2csc(NC(=O)Cc3ccsc3)n2)cs1. The molecule has 4 aromatic heterocycles. The van der Waals surface area contributed by atoms with Gasteiger partial charge < -0.3 is 10.6 Å². The van der Waals surface area contributed by atoms with Gasteiger partial charge in [-0.25, -0.2) is 9.97 Å². The normalized spacial score (nSPS) is 10.7. The van der Waals surface area contributed by atoms with Crippen LogP contribution in [0.1, 0.15) is 11.1 Å². The maximum Gasteiger partial charge on any atom is 0.230 e. The minimum atomic E-state index is -0.0982. The Hall–Kier alpha value is -2.40. The molecule has 142 valence electrons. The van der Waals surface area contributed by atoms with Crippen molar-refractivity contribution in [2.45, 2.75) is 12.8 Å². The van der Waals surface area contributed by atoms with Gasteiger partial charge in [0, 0.05) is 10.8 Å². The molecule has 4 aromatic rings. The molecule has 0 aliphatic carbocycles. The molecule has 0 aliphatic rings. The van der Waals surface area contributed by atoms with E-state index in [1.165, 1.54) is 22.7 Å². The Bertz CT molecular complexity index is 981. The van der Waals surface area contributed by atoms with Crippen molar-refractivity contribution in [3.63, 3.8) is 0 Å². The molecular weight excluding hydrogens is 432 g/mol. The first-order chi connectivity index (χ1) is 13.7. The van der Waals surface area contributed by atoms with E-state index in [2.05, 4.69) is 20.6 Å². The molecule has 0 saturated heterocycles. The number of amides is 2. The van der Waals surface area contributed by atoms with Gasteiger partial charge in [0.2, 0.25) is 11.8 Å². The van der Waals surface area contributed by atoms with E-state index in [0.29, 0.717) is 34.5 Å². The second kappa shape index (κ2) is 8.74. The number of nitrogens with one attached hydrogen (secondary N) is 2. The topological polar surface area (TPSA) is 84.0 Å². The Morgan fingerprint density at radius 1 is 0.750 bits per heavy atom. The average Bonchev–Trinajstić information content (AvgIpc) is 3.42. The lowest BCUT2D eigenvalue weighted by atomic mass is 10.2. The van der Waals surface area contributed by atoms with Gasteiger partial charge in [-0.2, -0.15) is 22.7 Å². The number of hydrogen-bond acceptors (Lipinski definition) is 8. The van der Waals surface area contributed by atoms with Gasteiger partial charge in [0.25, 0.3) is 0 Å². The van der Waals surface area contributed by atoms with E-state index in [-0.39, 0.29) is 11.8 Å². The molecule has 0 atom stereocenters. The second-order valence-corrected chi connectivity index (χ2v) is 9.07. The van der Waals surface area contributed by atoms with E-state index in [4.69, 9.17) is 0 Å². The molecule has 4 heterocycles. The Morgan fingerprint density at radius 2 is 1.21 bits per heavy atom. The predicted octanol–water partition coefficient (Wildman–Crippen LogP) is 4.75. The van der Waals surface area contributed by atoms with Crippen molar-refractivity contribution in [3.8, 4) is 11.4 Å². The summed E-state index contributed by atoms with van der Waals surface area (Å²) in [6, 6.07) is 3.86. The molecular formula is C18H14N4O2S4. The molecule has 4 rings (SSSR count). The van der Waals surface area contributed by atoms with Gasteiger partial charge in [0.15, 0.2) is 10.3 Å². The zero-order chi connectivity index (χ0) is 19.3. The van der Waals surface area contributed by atoms with Crippen molar-refractivity contribution in [3.05, 3.63) is 55.5 Å². The van der Waals surface area contributed by atoms with Gasteiger partial charge in [0.05, 0.1) is 12.8 Å². The van der Waals surface area contributed by atoms with Gasteiger partial charge in [-0.05, 0) is 44.8 Å². The van der Waals surface area contributed by atoms with E-state index in [0.717, 1.165) is 11.1 Å². The van der Waals surface area contributed by atoms with Crippen molar-refractivity contribution in [1.29, 1.82) is 0 Å². The van der Waals surface area contributed by atoms with Crippen LogP contribution in [-0.4, -0.2) is 21.8 Å². The zero-order valence-corrected chi connectivity index (χ0v) is 17.6. The average molecular weight is 447 g/mol. The van der Waals surface area contributed by atoms with Crippen LogP contribution >= 0.6 is 45.3 Å². The highest BCUT2D eigenvalue weighted by molar-refractivity contribution is 7.15. The molecule has 0 radical (unpaired) electrons. The van der Waals surface area contributed by atoms with Gasteiger partial charge in [-0.15, -0.1) is 22.7 Å². The van der Waals surface area contributed by atoms with Crippen LogP contribution in [-0.2, 0) is 22.4 Å². The van der Waals surface area contributed by atoms with Crippen LogP contribution in [0.4, 0.5) is 10.3 Å². The predicted molar refractivity (Wildman–Crippen MR) is 117 cm³/mol. The quantitative estimate of drug-likeness (QED) is 0.429. The molecule has 6 nitrogen and oxygen atoms in total. The van der Waals surface area contributed by atoms with Crippen molar-refractivity contribution in [2.75, 3.05) is 10.6 Å². The summed E-state index contributed by atoms with van der Waals surface area (Å²) >= 11 is 5.83. The number of carbonyl (C=O) groups excluding carboxylic acids is 2. The fourth-order valence-corrected chi connectivity index (χ4v) is 5.16. The first kappa shape index (κ1) is 18.9.